The number of pyridine rings is 1. The lowest BCUT2D eigenvalue weighted by molar-refractivity contribution is -0.137. The first-order chi connectivity index (χ1) is 9.16. The van der Waals surface area contributed by atoms with Crippen LogP contribution in [0.5, 0.6) is 0 Å². The fraction of sp³-hybridized carbons (Fsp3) is 0.333. The van der Waals surface area contributed by atoms with Crippen LogP contribution in [0.25, 0.3) is 11.6 Å². The van der Waals surface area contributed by atoms with Crippen LogP contribution >= 0.6 is 15.9 Å². The molecule has 0 spiro atoms. The van der Waals surface area contributed by atoms with Crippen LogP contribution in [0.15, 0.2) is 27.2 Å². The minimum Gasteiger partial charge on any atom is -0.481 e. The molecule has 0 aliphatic heterocycles. The first-order valence-electron chi connectivity index (χ1n) is 5.82. The molecule has 0 radical (unpaired) electrons. The van der Waals surface area contributed by atoms with Crippen LogP contribution in [0, 0.1) is 0 Å². The van der Waals surface area contributed by atoms with Gasteiger partial charge in [-0.2, -0.15) is 0 Å². The molecule has 0 bridgehead atoms. The van der Waals surface area contributed by atoms with Crippen molar-refractivity contribution in [1.82, 2.24) is 15.2 Å². The molecule has 0 aliphatic rings. The van der Waals surface area contributed by atoms with Gasteiger partial charge in [-0.25, -0.2) is 4.98 Å². The van der Waals surface area contributed by atoms with Crippen molar-refractivity contribution in [2.45, 2.75) is 25.7 Å². The summed E-state index contributed by atoms with van der Waals surface area (Å²) in [6.45, 7) is 0. The zero-order valence-electron chi connectivity index (χ0n) is 10.0. The van der Waals surface area contributed by atoms with Gasteiger partial charge in [0.2, 0.25) is 5.89 Å². The molecule has 0 aliphatic carbocycles. The van der Waals surface area contributed by atoms with Gasteiger partial charge in [0.05, 0.1) is 0 Å². The summed E-state index contributed by atoms with van der Waals surface area (Å²) in [7, 11) is 0. The van der Waals surface area contributed by atoms with Gasteiger partial charge in [0.25, 0.3) is 5.89 Å². The summed E-state index contributed by atoms with van der Waals surface area (Å²) in [5.74, 6) is 0.0716. The Morgan fingerprint density at radius 3 is 2.95 bits per heavy atom. The van der Waals surface area contributed by atoms with Crippen LogP contribution in [-0.2, 0) is 11.2 Å². The highest BCUT2D eigenvalue weighted by Gasteiger charge is 2.12. The molecule has 0 saturated carbocycles. The number of hydrogen-bond acceptors (Lipinski definition) is 5. The zero-order chi connectivity index (χ0) is 13.7. The van der Waals surface area contributed by atoms with Crippen LogP contribution in [0.2, 0.25) is 0 Å². The van der Waals surface area contributed by atoms with Gasteiger partial charge in [0.15, 0.2) is 0 Å². The van der Waals surface area contributed by atoms with Crippen molar-refractivity contribution >= 4 is 21.9 Å². The van der Waals surface area contributed by atoms with E-state index in [1.165, 1.54) is 0 Å². The number of carboxylic acids is 1. The summed E-state index contributed by atoms with van der Waals surface area (Å²) >= 11 is 3.37. The van der Waals surface area contributed by atoms with Gasteiger partial charge < -0.3 is 9.52 Å². The van der Waals surface area contributed by atoms with E-state index in [9.17, 15) is 4.79 Å². The van der Waals surface area contributed by atoms with E-state index < -0.39 is 5.97 Å². The first kappa shape index (κ1) is 13.7. The summed E-state index contributed by atoms with van der Waals surface area (Å²) in [6, 6.07) is 3.65. The number of nitrogens with zero attached hydrogens (tertiary/aromatic N) is 3. The maximum atomic E-state index is 10.4. The summed E-state index contributed by atoms with van der Waals surface area (Å²) in [5.41, 5.74) is 0.604. The Balaban J connectivity index is 1.96. The predicted molar refractivity (Wildman–Crippen MR) is 70.4 cm³/mol. The van der Waals surface area contributed by atoms with E-state index in [2.05, 4.69) is 31.1 Å². The third kappa shape index (κ3) is 3.85. The number of unbranched alkanes of at least 4 members (excludes halogenated alkanes) is 1. The number of halogens is 1. The van der Waals surface area contributed by atoms with Gasteiger partial charge in [-0.05, 0) is 40.9 Å². The fourth-order valence-electron chi connectivity index (χ4n) is 1.55. The SMILES string of the molecule is O=C(O)CCCCc1nnc(-c2ncccc2Br)o1. The molecular formula is C12H12BrN3O3. The van der Waals surface area contributed by atoms with Crippen LogP contribution in [0.4, 0.5) is 0 Å². The second kappa shape index (κ2) is 6.42. The van der Waals surface area contributed by atoms with Crippen molar-refractivity contribution in [2.75, 3.05) is 0 Å². The molecule has 0 fully saturated rings. The van der Waals surface area contributed by atoms with Crippen LogP contribution in [-0.4, -0.2) is 26.3 Å². The molecule has 2 aromatic heterocycles. The Labute approximate surface area is 118 Å². The molecule has 1 N–H and O–H groups in total. The lowest BCUT2D eigenvalue weighted by Gasteiger charge is -1.96. The van der Waals surface area contributed by atoms with Crippen molar-refractivity contribution in [3.63, 3.8) is 0 Å². The van der Waals surface area contributed by atoms with Crippen LogP contribution in [0.1, 0.15) is 25.2 Å². The highest BCUT2D eigenvalue weighted by atomic mass is 79.9. The lowest BCUT2D eigenvalue weighted by atomic mass is 10.2. The molecule has 0 aromatic carbocycles. The quantitative estimate of drug-likeness (QED) is 0.821. The molecule has 2 aromatic rings. The van der Waals surface area contributed by atoms with Gasteiger partial charge in [0, 0.05) is 23.5 Å². The number of carbonyl (C=O) groups is 1. The molecule has 100 valence electrons. The lowest BCUT2D eigenvalue weighted by Crippen LogP contribution is -1.95. The van der Waals surface area contributed by atoms with E-state index in [1.807, 2.05) is 6.07 Å². The number of hydrogen-bond donors (Lipinski definition) is 1. The van der Waals surface area contributed by atoms with E-state index in [4.69, 9.17) is 9.52 Å². The molecule has 7 heteroatoms. The molecule has 0 amide bonds. The summed E-state index contributed by atoms with van der Waals surface area (Å²) in [6.07, 6.45) is 3.69. The van der Waals surface area contributed by atoms with Gasteiger partial charge in [-0.15, -0.1) is 10.2 Å². The fourth-order valence-corrected chi connectivity index (χ4v) is 1.97. The van der Waals surface area contributed by atoms with E-state index >= 15 is 0 Å². The molecule has 0 saturated heterocycles. The second-order valence-electron chi connectivity index (χ2n) is 3.94. The molecular weight excluding hydrogens is 314 g/mol. The molecule has 2 rings (SSSR count). The maximum Gasteiger partial charge on any atom is 0.303 e. The monoisotopic (exact) mass is 325 g/mol. The van der Waals surface area contributed by atoms with Crippen molar-refractivity contribution < 1.29 is 14.3 Å². The number of rotatable bonds is 6. The predicted octanol–water partition coefficient (Wildman–Crippen LogP) is 2.69. The molecule has 0 atom stereocenters. The Morgan fingerprint density at radius 1 is 1.37 bits per heavy atom. The number of aliphatic carboxylic acids is 1. The van der Waals surface area contributed by atoms with Gasteiger partial charge in [0.1, 0.15) is 5.69 Å². The van der Waals surface area contributed by atoms with Crippen molar-refractivity contribution in [3.8, 4) is 11.6 Å². The average molecular weight is 326 g/mol. The standard InChI is InChI=1S/C12H12BrN3O3/c13-8-4-3-7-14-11(8)12-16-15-9(19-12)5-1-2-6-10(17)18/h3-4,7H,1-2,5-6H2,(H,17,18). The maximum absolute atomic E-state index is 10.4. The van der Waals surface area contributed by atoms with Crippen molar-refractivity contribution in [2.24, 2.45) is 0 Å². The topological polar surface area (TPSA) is 89.1 Å². The first-order valence-corrected chi connectivity index (χ1v) is 6.61. The Morgan fingerprint density at radius 2 is 2.21 bits per heavy atom. The number of aromatic nitrogens is 3. The van der Waals surface area contributed by atoms with E-state index in [0.717, 1.165) is 4.47 Å². The normalized spacial score (nSPS) is 10.6. The second-order valence-corrected chi connectivity index (χ2v) is 4.79. The van der Waals surface area contributed by atoms with Crippen LogP contribution < -0.4 is 0 Å². The summed E-state index contributed by atoms with van der Waals surface area (Å²) in [4.78, 5) is 14.5. The Kier molecular flexibility index (Phi) is 4.62. The molecule has 0 unspecified atom stereocenters. The number of aryl methyl sites for hydroxylation is 1. The van der Waals surface area contributed by atoms with Crippen molar-refractivity contribution in [1.29, 1.82) is 0 Å². The number of carboxylic acid groups (broad SMARTS) is 1. The molecule has 2 heterocycles. The molecule has 6 nitrogen and oxygen atoms in total. The third-order valence-corrected chi connectivity index (χ3v) is 3.10. The largest absolute Gasteiger partial charge is 0.481 e. The van der Waals surface area contributed by atoms with Gasteiger partial charge >= 0.3 is 5.97 Å². The Hall–Kier alpha value is -1.76. The zero-order valence-corrected chi connectivity index (χ0v) is 11.6. The van der Waals surface area contributed by atoms with Gasteiger partial charge in [-0.3, -0.25) is 4.79 Å². The van der Waals surface area contributed by atoms with Crippen LogP contribution in [0.3, 0.4) is 0 Å². The Bertz CT molecular complexity index is 571. The minimum atomic E-state index is -0.788. The summed E-state index contributed by atoms with van der Waals surface area (Å²) in [5, 5.41) is 16.4. The highest BCUT2D eigenvalue weighted by Crippen LogP contribution is 2.24. The van der Waals surface area contributed by atoms with E-state index in [-0.39, 0.29) is 6.42 Å². The van der Waals surface area contributed by atoms with E-state index in [0.29, 0.717) is 36.7 Å². The third-order valence-electron chi connectivity index (χ3n) is 2.46. The van der Waals surface area contributed by atoms with Crippen molar-refractivity contribution in [3.05, 3.63) is 28.7 Å². The van der Waals surface area contributed by atoms with E-state index in [1.54, 1.807) is 12.3 Å². The smallest absolute Gasteiger partial charge is 0.303 e. The summed E-state index contributed by atoms with van der Waals surface area (Å²) < 4.78 is 6.28. The molecule has 19 heavy (non-hydrogen) atoms. The average Bonchev–Trinajstić information content (AvgIpc) is 2.83. The minimum absolute atomic E-state index is 0.160. The van der Waals surface area contributed by atoms with Gasteiger partial charge in [-0.1, -0.05) is 0 Å². The highest BCUT2D eigenvalue weighted by molar-refractivity contribution is 9.10.